The van der Waals surface area contributed by atoms with Gasteiger partial charge in [0.15, 0.2) is 9.84 Å². The quantitative estimate of drug-likeness (QED) is 0.798. The van der Waals surface area contributed by atoms with Gasteiger partial charge in [0.05, 0.1) is 16.2 Å². The van der Waals surface area contributed by atoms with Crippen LogP contribution < -0.4 is 0 Å². The molecule has 0 spiro atoms. The Morgan fingerprint density at radius 1 is 1.16 bits per heavy atom. The molecule has 0 aliphatic carbocycles. The number of aromatic nitrogens is 1. The summed E-state index contributed by atoms with van der Waals surface area (Å²) in [5.74, 6) is 0. The molecular weight excluding hydrogens is 284 g/mol. The fourth-order valence-corrected chi connectivity index (χ4v) is 2.38. The lowest BCUT2D eigenvalue weighted by atomic mass is 10.1. The SMILES string of the molecule is CS(=O)(=O)c1ccc(-c2ccc(C#N)c(Cl)n2)cc1. The topological polar surface area (TPSA) is 70.8 Å². The van der Waals surface area contributed by atoms with Gasteiger partial charge in [0, 0.05) is 11.8 Å². The van der Waals surface area contributed by atoms with Gasteiger partial charge in [-0.2, -0.15) is 5.26 Å². The number of halogens is 1. The van der Waals surface area contributed by atoms with Crippen LogP contribution in [0.15, 0.2) is 41.3 Å². The number of nitrogens with zero attached hydrogens (tertiary/aromatic N) is 2. The summed E-state index contributed by atoms with van der Waals surface area (Å²) in [5.41, 5.74) is 1.63. The van der Waals surface area contributed by atoms with E-state index in [1.807, 2.05) is 6.07 Å². The lowest BCUT2D eigenvalue weighted by Crippen LogP contribution is -1.96. The van der Waals surface area contributed by atoms with Gasteiger partial charge in [-0.25, -0.2) is 13.4 Å². The van der Waals surface area contributed by atoms with Gasteiger partial charge >= 0.3 is 0 Å². The molecule has 0 saturated carbocycles. The number of pyridine rings is 1. The Balaban J connectivity index is 2.44. The summed E-state index contributed by atoms with van der Waals surface area (Å²) in [6.45, 7) is 0. The lowest BCUT2D eigenvalue weighted by molar-refractivity contribution is 0.602. The van der Waals surface area contributed by atoms with Crippen molar-refractivity contribution in [2.75, 3.05) is 6.26 Å². The van der Waals surface area contributed by atoms with Crippen LogP contribution in [0.2, 0.25) is 5.15 Å². The molecule has 0 radical (unpaired) electrons. The summed E-state index contributed by atoms with van der Waals surface area (Å²) in [6.07, 6.45) is 1.15. The highest BCUT2D eigenvalue weighted by molar-refractivity contribution is 7.90. The number of benzene rings is 1. The molecule has 0 atom stereocenters. The molecule has 0 fully saturated rings. The van der Waals surface area contributed by atoms with E-state index in [1.165, 1.54) is 12.1 Å². The van der Waals surface area contributed by atoms with E-state index < -0.39 is 9.84 Å². The highest BCUT2D eigenvalue weighted by Gasteiger charge is 2.08. The first-order valence-electron chi connectivity index (χ1n) is 5.29. The summed E-state index contributed by atoms with van der Waals surface area (Å²) in [7, 11) is -3.21. The van der Waals surface area contributed by atoms with Crippen molar-refractivity contribution in [1.82, 2.24) is 4.98 Å². The van der Waals surface area contributed by atoms with Gasteiger partial charge in [-0.3, -0.25) is 0 Å². The maximum atomic E-state index is 11.3. The van der Waals surface area contributed by atoms with Gasteiger partial charge in [0.25, 0.3) is 0 Å². The van der Waals surface area contributed by atoms with Crippen molar-refractivity contribution >= 4 is 21.4 Å². The zero-order valence-corrected chi connectivity index (χ0v) is 11.5. The van der Waals surface area contributed by atoms with Gasteiger partial charge in [-0.15, -0.1) is 0 Å². The number of sulfone groups is 1. The number of hydrogen-bond acceptors (Lipinski definition) is 4. The standard InChI is InChI=1S/C13H9ClN2O2S/c1-19(17,18)11-5-2-9(3-6-11)12-7-4-10(8-15)13(14)16-12/h2-7H,1H3. The average molecular weight is 293 g/mol. The molecule has 0 N–H and O–H groups in total. The van der Waals surface area contributed by atoms with Crippen LogP contribution in [0.4, 0.5) is 0 Å². The monoisotopic (exact) mass is 292 g/mol. The van der Waals surface area contributed by atoms with E-state index in [-0.39, 0.29) is 10.0 Å². The zero-order chi connectivity index (χ0) is 14.0. The first-order chi connectivity index (χ1) is 8.91. The van der Waals surface area contributed by atoms with Crippen molar-refractivity contribution in [3.8, 4) is 17.3 Å². The van der Waals surface area contributed by atoms with E-state index in [2.05, 4.69) is 4.98 Å². The Kier molecular flexibility index (Phi) is 3.56. The maximum Gasteiger partial charge on any atom is 0.175 e. The van der Waals surface area contributed by atoms with Crippen LogP contribution in [-0.4, -0.2) is 19.7 Å². The van der Waals surface area contributed by atoms with Crippen molar-refractivity contribution in [3.63, 3.8) is 0 Å². The Morgan fingerprint density at radius 3 is 2.26 bits per heavy atom. The second kappa shape index (κ2) is 5.00. The van der Waals surface area contributed by atoms with Gasteiger partial charge in [0.2, 0.25) is 0 Å². The van der Waals surface area contributed by atoms with Crippen molar-refractivity contribution < 1.29 is 8.42 Å². The zero-order valence-electron chi connectivity index (χ0n) is 9.96. The summed E-state index contributed by atoms with van der Waals surface area (Å²) >= 11 is 5.85. The number of nitriles is 1. The molecule has 0 bridgehead atoms. The summed E-state index contributed by atoms with van der Waals surface area (Å²) in [6, 6.07) is 11.5. The molecule has 2 aromatic rings. The molecule has 6 heteroatoms. The van der Waals surface area contributed by atoms with Crippen molar-refractivity contribution in [2.24, 2.45) is 0 Å². The van der Waals surface area contributed by atoms with Crippen LogP contribution in [0.5, 0.6) is 0 Å². The Morgan fingerprint density at radius 2 is 1.79 bits per heavy atom. The number of hydrogen-bond donors (Lipinski definition) is 0. The molecule has 1 aromatic heterocycles. The third kappa shape index (κ3) is 2.92. The molecule has 4 nitrogen and oxygen atoms in total. The molecule has 0 aliphatic rings. The first kappa shape index (κ1) is 13.5. The minimum absolute atomic E-state index is 0.132. The maximum absolute atomic E-state index is 11.3. The van der Waals surface area contributed by atoms with Crippen LogP contribution in [0.3, 0.4) is 0 Å². The molecule has 0 saturated heterocycles. The van der Waals surface area contributed by atoms with Crippen LogP contribution in [0, 0.1) is 11.3 Å². The third-order valence-electron chi connectivity index (χ3n) is 2.55. The lowest BCUT2D eigenvalue weighted by Gasteiger charge is -2.04. The normalized spacial score (nSPS) is 11.0. The smallest absolute Gasteiger partial charge is 0.175 e. The predicted octanol–water partition coefficient (Wildman–Crippen LogP) is 2.68. The second-order valence-electron chi connectivity index (χ2n) is 3.94. The first-order valence-corrected chi connectivity index (χ1v) is 7.56. The van der Waals surface area contributed by atoms with E-state index in [1.54, 1.807) is 24.3 Å². The van der Waals surface area contributed by atoms with Crippen molar-refractivity contribution in [1.29, 1.82) is 5.26 Å². The highest BCUT2D eigenvalue weighted by Crippen LogP contribution is 2.22. The Bertz CT molecular complexity index is 762. The fourth-order valence-electron chi connectivity index (χ4n) is 1.55. The average Bonchev–Trinajstić information content (AvgIpc) is 2.38. The van der Waals surface area contributed by atoms with Gasteiger partial charge < -0.3 is 0 Å². The molecule has 96 valence electrons. The van der Waals surface area contributed by atoms with E-state index in [0.717, 1.165) is 11.8 Å². The molecule has 0 aliphatic heterocycles. The van der Waals surface area contributed by atoms with Crippen LogP contribution in [-0.2, 0) is 9.84 Å². The van der Waals surface area contributed by atoms with E-state index in [0.29, 0.717) is 11.3 Å². The van der Waals surface area contributed by atoms with Gasteiger partial charge in [-0.1, -0.05) is 23.7 Å². The number of rotatable bonds is 2. The van der Waals surface area contributed by atoms with Crippen LogP contribution in [0.1, 0.15) is 5.56 Å². The molecule has 2 rings (SSSR count). The molecule has 1 heterocycles. The predicted molar refractivity (Wildman–Crippen MR) is 72.5 cm³/mol. The minimum Gasteiger partial charge on any atom is -0.235 e. The van der Waals surface area contributed by atoms with Gasteiger partial charge in [0.1, 0.15) is 11.2 Å². The third-order valence-corrected chi connectivity index (χ3v) is 3.96. The van der Waals surface area contributed by atoms with Crippen LogP contribution in [0.25, 0.3) is 11.3 Å². The molecular formula is C13H9ClN2O2S. The van der Waals surface area contributed by atoms with Crippen molar-refractivity contribution in [2.45, 2.75) is 4.90 Å². The molecule has 1 aromatic carbocycles. The Hall–Kier alpha value is -1.90. The molecule has 19 heavy (non-hydrogen) atoms. The molecule has 0 unspecified atom stereocenters. The summed E-state index contributed by atoms with van der Waals surface area (Å²) in [5, 5.41) is 8.90. The molecule has 0 amide bonds. The van der Waals surface area contributed by atoms with Gasteiger partial charge in [-0.05, 0) is 24.3 Å². The van der Waals surface area contributed by atoms with E-state index in [4.69, 9.17) is 16.9 Å². The van der Waals surface area contributed by atoms with Crippen molar-refractivity contribution in [3.05, 3.63) is 47.1 Å². The Labute approximate surface area is 116 Å². The second-order valence-corrected chi connectivity index (χ2v) is 6.32. The van der Waals surface area contributed by atoms with E-state index >= 15 is 0 Å². The minimum atomic E-state index is -3.21. The summed E-state index contributed by atoms with van der Waals surface area (Å²) in [4.78, 5) is 4.35. The summed E-state index contributed by atoms with van der Waals surface area (Å²) < 4.78 is 22.7. The van der Waals surface area contributed by atoms with E-state index in [9.17, 15) is 8.42 Å². The van der Waals surface area contributed by atoms with Crippen LogP contribution >= 0.6 is 11.6 Å². The highest BCUT2D eigenvalue weighted by atomic mass is 35.5. The largest absolute Gasteiger partial charge is 0.235 e. The fraction of sp³-hybridized carbons (Fsp3) is 0.0769.